The number of anilines is 1. The van der Waals surface area contributed by atoms with Crippen molar-refractivity contribution in [3.05, 3.63) is 89.4 Å². The molecule has 208 valence electrons. The van der Waals surface area contributed by atoms with Crippen molar-refractivity contribution in [2.75, 3.05) is 23.7 Å². The van der Waals surface area contributed by atoms with Crippen LogP contribution in [0.3, 0.4) is 0 Å². The largest absolute Gasteiger partial charge is 0.457 e. The monoisotopic (exact) mass is 571 g/mol. The number of hydrogen-bond acceptors (Lipinski definition) is 5. The zero-order valence-corrected chi connectivity index (χ0v) is 24.1. The van der Waals surface area contributed by atoms with E-state index in [1.807, 2.05) is 32.0 Å². The Kier molecular flexibility index (Phi) is 10.4. The number of para-hydroxylation sites is 1. The normalized spacial score (nSPS) is 12.1. The minimum atomic E-state index is -3.85. The minimum absolute atomic E-state index is 0.0379. The molecule has 1 unspecified atom stereocenters. The van der Waals surface area contributed by atoms with Crippen LogP contribution in [-0.4, -0.2) is 50.5 Å². The highest BCUT2D eigenvalue weighted by Gasteiger charge is 2.30. The number of sulfonamides is 1. The maximum Gasteiger partial charge on any atom is 0.244 e. The first-order valence-corrected chi connectivity index (χ1v) is 14.8. The Balaban J connectivity index is 1.86. The summed E-state index contributed by atoms with van der Waals surface area (Å²) in [6.45, 7) is 5.55. The zero-order chi connectivity index (χ0) is 28.6. The molecule has 0 aliphatic heterocycles. The number of nitrogens with one attached hydrogen (secondary N) is 1. The van der Waals surface area contributed by atoms with Gasteiger partial charge in [-0.2, -0.15) is 0 Å². The van der Waals surface area contributed by atoms with E-state index in [1.165, 1.54) is 4.90 Å². The lowest BCUT2D eigenvalue weighted by atomic mass is 10.1. The Bertz CT molecular complexity index is 1370. The second-order valence-corrected chi connectivity index (χ2v) is 11.9. The smallest absolute Gasteiger partial charge is 0.244 e. The molecule has 39 heavy (non-hydrogen) atoms. The molecule has 0 spiro atoms. The lowest BCUT2D eigenvalue weighted by Crippen LogP contribution is -2.51. The molecule has 3 aromatic carbocycles. The summed E-state index contributed by atoms with van der Waals surface area (Å²) in [4.78, 5) is 27.9. The topological polar surface area (TPSA) is 96.0 Å². The van der Waals surface area contributed by atoms with Gasteiger partial charge in [0.05, 0.1) is 11.9 Å². The van der Waals surface area contributed by atoms with Crippen LogP contribution in [0, 0.1) is 5.92 Å². The fourth-order valence-corrected chi connectivity index (χ4v) is 4.81. The number of hydrogen-bond donors (Lipinski definition) is 1. The van der Waals surface area contributed by atoms with Gasteiger partial charge in [-0.1, -0.05) is 61.8 Å². The van der Waals surface area contributed by atoms with Crippen molar-refractivity contribution < 1.29 is 22.7 Å². The van der Waals surface area contributed by atoms with Crippen LogP contribution in [0.25, 0.3) is 0 Å². The molecule has 1 N–H and O–H groups in total. The second kappa shape index (κ2) is 13.5. The molecule has 0 aliphatic rings. The van der Waals surface area contributed by atoms with E-state index in [1.54, 1.807) is 67.6 Å². The van der Waals surface area contributed by atoms with Crippen molar-refractivity contribution in [2.45, 2.75) is 33.4 Å². The SMILES string of the molecule is CC(C)CNC(=O)C(C)N(Cc1ccccc1Cl)C(=O)CN(c1ccc(Oc2ccccc2)cc1)S(C)(=O)=O. The third-order valence-corrected chi connectivity index (χ3v) is 7.44. The molecule has 0 aliphatic carbocycles. The number of carbonyl (C=O) groups excluding carboxylic acids is 2. The Morgan fingerprint density at radius 2 is 1.49 bits per heavy atom. The van der Waals surface area contributed by atoms with Crippen LogP contribution in [0.5, 0.6) is 11.5 Å². The van der Waals surface area contributed by atoms with Gasteiger partial charge in [-0.3, -0.25) is 13.9 Å². The summed E-state index contributed by atoms with van der Waals surface area (Å²) in [5, 5.41) is 3.29. The molecule has 0 saturated carbocycles. The number of ether oxygens (including phenoxy) is 1. The summed E-state index contributed by atoms with van der Waals surface area (Å²) in [7, 11) is -3.85. The van der Waals surface area contributed by atoms with Gasteiger partial charge in [0.25, 0.3) is 0 Å². The fraction of sp³-hybridized carbons (Fsp3) is 0.310. The van der Waals surface area contributed by atoms with E-state index in [2.05, 4.69) is 5.32 Å². The van der Waals surface area contributed by atoms with Crippen LogP contribution in [0.2, 0.25) is 5.02 Å². The molecular weight excluding hydrogens is 538 g/mol. The molecule has 0 aromatic heterocycles. The summed E-state index contributed by atoms with van der Waals surface area (Å²) in [6, 6.07) is 21.8. The highest BCUT2D eigenvalue weighted by molar-refractivity contribution is 7.92. The lowest BCUT2D eigenvalue weighted by molar-refractivity contribution is -0.139. The number of benzene rings is 3. The Hall–Kier alpha value is -3.56. The number of halogens is 1. The number of nitrogens with zero attached hydrogens (tertiary/aromatic N) is 2. The molecule has 0 fully saturated rings. The molecule has 1 atom stereocenters. The average Bonchev–Trinajstić information content (AvgIpc) is 2.90. The highest BCUT2D eigenvalue weighted by Crippen LogP contribution is 2.26. The van der Waals surface area contributed by atoms with Gasteiger partial charge in [0.2, 0.25) is 21.8 Å². The molecule has 2 amide bonds. The van der Waals surface area contributed by atoms with Gasteiger partial charge >= 0.3 is 0 Å². The van der Waals surface area contributed by atoms with Gasteiger partial charge in [-0.25, -0.2) is 8.42 Å². The average molecular weight is 572 g/mol. The molecule has 3 rings (SSSR count). The maximum atomic E-state index is 13.7. The van der Waals surface area contributed by atoms with E-state index in [0.29, 0.717) is 34.3 Å². The van der Waals surface area contributed by atoms with E-state index in [0.717, 1.165) is 10.6 Å². The van der Waals surface area contributed by atoms with Gasteiger partial charge in [0.1, 0.15) is 24.1 Å². The van der Waals surface area contributed by atoms with Crippen LogP contribution in [0.1, 0.15) is 26.3 Å². The van der Waals surface area contributed by atoms with Gasteiger partial charge in [0.15, 0.2) is 0 Å². The molecular formula is C29H34ClN3O5S. The molecule has 0 saturated heterocycles. The van der Waals surface area contributed by atoms with E-state index < -0.39 is 28.5 Å². The van der Waals surface area contributed by atoms with Gasteiger partial charge in [-0.05, 0) is 60.9 Å². The molecule has 8 nitrogen and oxygen atoms in total. The van der Waals surface area contributed by atoms with Crippen molar-refractivity contribution in [1.29, 1.82) is 0 Å². The van der Waals surface area contributed by atoms with Crippen LogP contribution in [0.4, 0.5) is 5.69 Å². The lowest BCUT2D eigenvalue weighted by Gasteiger charge is -2.31. The number of amides is 2. The number of carbonyl (C=O) groups is 2. The fourth-order valence-electron chi connectivity index (χ4n) is 3.76. The standard InChI is InChI=1S/C29H34ClN3O5S/c1-21(2)18-31-29(35)22(3)32(19-23-10-8-9-13-27(23)30)28(34)20-33(39(4,36)37)24-14-16-26(17-15-24)38-25-11-6-5-7-12-25/h5-17,21-22H,18-20H2,1-4H3,(H,31,35). The van der Waals surface area contributed by atoms with E-state index in [-0.39, 0.29) is 18.4 Å². The van der Waals surface area contributed by atoms with Crippen LogP contribution in [0.15, 0.2) is 78.9 Å². The number of rotatable bonds is 12. The first-order chi connectivity index (χ1) is 18.5. The maximum absolute atomic E-state index is 13.7. The summed E-state index contributed by atoms with van der Waals surface area (Å²) in [6.07, 6.45) is 1.03. The molecule has 0 bridgehead atoms. The Morgan fingerprint density at radius 3 is 2.08 bits per heavy atom. The van der Waals surface area contributed by atoms with Crippen LogP contribution in [-0.2, 0) is 26.2 Å². The van der Waals surface area contributed by atoms with Crippen molar-refractivity contribution in [1.82, 2.24) is 10.2 Å². The van der Waals surface area contributed by atoms with Crippen LogP contribution < -0.4 is 14.4 Å². The second-order valence-electron chi connectivity index (χ2n) is 9.61. The van der Waals surface area contributed by atoms with Gasteiger partial charge in [-0.15, -0.1) is 0 Å². The Morgan fingerprint density at radius 1 is 0.897 bits per heavy atom. The summed E-state index contributed by atoms with van der Waals surface area (Å²) >= 11 is 6.35. The summed E-state index contributed by atoms with van der Waals surface area (Å²) < 4.78 is 32.4. The van der Waals surface area contributed by atoms with Crippen molar-refractivity contribution in [2.24, 2.45) is 5.92 Å². The quantitative estimate of drug-likeness (QED) is 0.327. The molecule has 3 aromatic rings. The highest BCUT2D eigenvalue weighted by atomic mass is 35.5. The predicted octanol–water partition coefficient (Wildman–Crippen LogP) is 5.09. The van der Waals surface area contributed by atoms with Gasteiger partial charge < -0.3 is 15.0 Å². The van der Waals surface area contributed by atoms with Crippen molar-refractivity contribution in [3.8, 4) is 11.5 Å². The molecule has 10 heteroatoms. The summed E-state index contributed by atoms with van der Waals surface area (Å²) in [5.74, 6) is 0.499. The van der Waals surface area contributed by atoms with Crippen LogP contribution >= 0.6 is 11.6 Å². The Labute approximate surface area is 235 Å². The zero-order valence-electron chi connectivity index (χ0n) is 22.5. The van der Waals surface area contributed by atoms with E-state index in [9.17, 15) is 18.0 Å². The first-order valence-electron chi connectivity index (χ1n) is 12.6. The third kappa shape index (κ3) is 8.73. The van der Waals surface area contributed by atoms with E-state index >= 15 is 0 Å². The van der Waals surface area contributed by atoms with Crippen molar-refractivity contribution in [3.63, 3.8) is 0 Å². The first kappa shape index (κ1) is 30.0. The minimum Gasteiger partial charge on any atom is -0.457 e. The van der Waals surface area contributed by atoms with Gasteiger partial charge in [0, 0.05) is 18.1 Å². The van der Waals surface area contributed by atoms with E-state index in [4.69, 9.17) is 16.3 Å². The summed E-state index contributed by atoms with van der Waals surface area (Å²) in [5.41, 5.74) is 0.935. The predicted molar refractivity (Wildman–Crippen MR) is 154 cm³/mol. The molecule has 0 radical (unpaired) electrons. The third-order valence-electron chi connectivity index (χ3n) is 5.93. The molecule has 0 heterocycles. The van der Waals surface area contributed by atoms with Crippen molar-refractivity contribution >= 4 is 39.1 Å².